The van der Waals surface area contributed by atoms with E-state index in [1.807, 2.05) is 48.5 Å². The van der Waals surface area contributed by atoms with Gasteiger partial charge in [-0.05, 0) is 42.6 Å². The summed E-state index contributed by atoms with van der Waals surface area (Å²) in [6.45, 7) is 2.03. The molecule has 1 aliphatic rings. The molecule has 156 valence electrons. The predicted octanol–water partition coefficient (Wildman–Crippen LogP) is 2.72. The van der Waals surface area contributed by atoms with Gasteiger partial charge >= 0.3 is 5.97 Å². The number of aliphatic carboxylic acids is 1. The summed E-state index contributed by atoms with van der Waals surface area (Å²) in [6, 6.07) is 15.5. The van der Waals surface area contributed by atoms with Gasteiger partial charge in [-0.2, -0.15) is 0 Å². The zero-order chi connectivity index (χ0) is 20.9. The molecule has 2 N–H and O–H groups in total. The molecule has 2 aromatic carbocycles. The van der Waals surface area contributed by atoms with Crippen LogP contribution in [0, 0.1) is 5.41 Å². The van der Waals surface area contributed by atoms with Gasteiger partial charge in [-0.15, -0.1) is 0 Å². The molecule has 1 aliphatic heterocycles. The maximum Gasteiger partial charge on any atom is 0.312 e. The van der Waals surface area contributed by atoms with Gasteiger partial charge in [0.2, 0.25) is 0 Å². The van der Waals surface area contributed by atoms with Gasteiger partial charge in [0, 0.05) is 25.8 Å². The van der Waals surface area contributed by atoms with E-state index in [-0.39, 0.29) is 0 Å². The number of carbonyl (C=O) groups is 1. The molecular weight excluding hydrogens is 370 g/mol. The number of aliphatic hydroxyl groups excluding tert-OH is 1. The van der Waals surface area contributed by atoms with Crippen LogP contribution in [0.5, 0.6) is 5.75 Å². The summed E-state index contributed by atoms with van der Waals surface area (Å²) in [5.41, 5.74) is 1.82. The summed E-state index contributed by atoms with van der Waals surface area (Å²) in [7, 11) is 3.28. The van der Waals surface area contributed by atoms with E-state index in [1.165, 1.54) is 0 Å². The van der Waals surface area contributed by atoms with E-state index >= 15 is 0 Å². The molecule has 29 heavy (non-hydrogen) atoms. The third-order valence-corrected chi connectivity index (χ3v) is 5.78. The van der Waals surface area contributed by atoms with Crippen LogP contribution in [0.25, 0.3) is 0 Å². The molecule has 1 fully saturated rings. The third-order valence-electron chi connectivity index (χ3n) is 5.78. The van der Waals surface area contributed by atoms with Gasteiger partial charge in [0.15, 0.2) is 0 Å². The van der Waals surface area contributed by atoms with Crippen molar-refractivity contribution in [1.82, 2.24) is 4.90 Å². The topological polar surface area (TPSA) is 79.2 Å². The summed E-state index contributed by atoms with van der Waals surface area (Å²) in [5.74, 6) is -0.151. The van der Waals surface area contributed by atoms with Gasteiger partial charge in [0.05, 0.1) is 19.8 Å². The van der Waals surface area contributed by atoms with Crippen LogP contribution < -0.4 is 4.74 Å². The van der Waals surface area contributed by atoms with Crippen LogP contribution in [-0.4, -0.2) is 54.5 Å². The van der Waals surface area contributed by atoms with Crippen LogP contribution in [0.15, 0.2) is 48.5 Å². The van der Waals surface area contributed by atoms with Crippen molar-refractivity contribution in [2.45, 2.75) is 32.1 Å². The molecule has 2 atom stereocenters. The first-order valence-corrected chi connectivity index (χ1v) is 9.81. The highest BCUT2D eigenvalue weighted by molar-refractivity contribution is 5.76. The van der Waals surface area contributed by atoms with Gasteiger partial charge in [-0.3, -0.25) is 9.69 Å². The van der Waals surface area contributed by atoms with Crippen LogP contribution in [0.3, 0.4) is 0 Å². The Morgan fingerprint density at radius 2 is 1.93 bits per heavy atom. The van der Waals surface area contributed by atoms with Gasteiger partial charge in [0.25, 0.3) is 0 Å². The van der Waals surface area contributed by atoms with Gasteiger partial charge in [0.1, 0.15) is 11.2 Å². The normalized spacial score (nSPS) is 22.4. The van der Waals surface area contributed by atoms with E-state index in [0.717, 1.165) is 22.4 Å². The summed E-state index contributed by atoms with van der Waals surface area (Å²) in [4.78, 5) is 14.2. The van der Waals surface area contributed by atoms with Gasteiger partial charge < -0.3 is 19.7 Å². The zero-order valence-electron chi connectivity index (χ0n) is 17.0. The lowest BCUT2D eigenvalue weighted by Crippen LogP contribution is -2.55. The van der Waals surface area contributed by atoms with E-state index in [4.69, 9.17) is 9.47 Å². The van der Waals surface area contributed by atoms with Crippen molar-refractivity contribution in [3.05, 3.63) is 65.2 Å². The second-order valence-corrected chi connectivity index (χ2v) is 7.70. The monoisotopic (exact) mass is 399 g/mol. The number of ether oxygens (including phenoxy) is 2. The minimum absolute atomic E-state index is 0.324. The number of aliphatic hydroxyl groups is 1. The number of piperidine rings is 1. The molecule has 0 aromatic heterocycles. The average molecular weight is 399 g/mol. The van der Waals surface area contributed by atoms with Crippen molar-refractivity contribution in [2.75, 3.05) is 27.3 Å². The quantitative estimate of drug-likeness (QED) is 0.711. The molecule has 0 radical (unpaired) electrons. The lowest BCUT2D eigenvalue weighted by atomic mass is 9.71. The highest BCUT2D eigenvalue weighted by Gasteiger charge is 2.48. The molecule has 1 heterocycles. The lowest BCUT2D eigenvalue weighted by molar-refractivity contribution is -0.163. The van der Waals surface area contributed by atoms with E-state index < -0.39 is 17.5 Å². The average Bonchev–Trinajstić information content (AvgIpc) is 2.71. The Hall–Kier alpha value is -2.41. The van der Waals surface area contributed by atoms with Crippen molar-refractivity contribution in [1.29, 1.82) is 0 Å². The number of likely N-dealkylation sites (tertiary alicyclic amines) is 1. The molecule has 0 aliphatic carbocycles. The summed E-state index contributed by atoms with van der Waals surface area (Å²) in [5, 5.41) is 20.8. The Labute approximate surface area is 171 Å². The molecule has 2 aromatic rings. The number of methoxy groups -OCH3 is 2. The first kappa shape index (κ1) is 21.3. The number of nitrogens with zero attached hydrogens (tertiary/aromatic N) is 1. The Kier molecular flexibility index (Phi) is 6.90. The summed E-state index contributed by atoms with van der Waals surface area (Å²) < 4.78 is 10.6. The summed E-state index contributed by atoms with van der Waals surface area (Å²) in [6.07, 6.45) is -0.205. The van der Waals surface area contributed by atoms with Crippen molar-refractivity contribution in [2.24, 2.45) is 5.41 Å². The largest absolute Gasteiger partial charge is 0.496 e. The molecule has 3 rings (SSSR count). The fourth-order valence-electron chi connectivity index (χ4n) is 4.13. The van der Waals surface area contributed by atoms with Gasteiger partial charge in [-0.1, -0.05) is 36.4 Å². The molecule has 6 heteroatoms. The van der Waals surface area contributed by atoms with Crippen LogP contribution in [0.4, 0.5) is 0 Å². The number of hydrogen-bond acceptors (Lipinski definition) is 5. The smallest absolute Gasteiger partial charge is 0.312 e. The van der Waals surface area contributed by atoms with E-state index in [2.05, 4.69) is 4.90 Å². The molecule has 0 saturated carbocycles. The second-order valence-electron chi connectivity index (χ2n) is 7.70. The lowest BCUT2D eigenvalue weighted by Gasteiger charge is -2.43. The molecule has 0 unspecified atom stereocenters. The second kappa shape index (κ2) is 9.39. The third kappa shape index (κ3) is 4.78. The fourth-order valence-corrected chi connectivity index (χ4v) is 4.13. The van der Waals surface area contributed by atoms with Crippen LogP contribution in [0.1, 0.15) is 23.1 Å². The Morgan fingerprint density at radius 1 is 1.17 bits per heavy atom. The SMILES string of the molecule is COCc1cc(CN2CC[C@](Cc3ccccc3)(C(=O)O)[C@H](O)C2)ccc1OC. The van der Waals surface area contributed by atoms with Gasteiger partial charge in [-0.25, -0.2) is 0 Å². The Morgan fingerprint density at radius 3 is 2.55 bits per heavy atom. The minimum atomic E-state index is -1.15. The fraction of sp³-hybridized carbons (Fsp3) is 0.435. The number of hydrogen-bond donors (Lipinski definition) is 2. The maximum absolute atomic E-state index is 12.1. The van der Waals surface area contributed by atoms with E-state index in [0.29, 0.717) is 39.1 Å². The summed E-state index contributed by atoms with van der Waals surface area (Å²) >= 11 is 0. The molecule has 0 spiro atoms. The number of β-amino-alcohol motifs (C(OH)–C–C–N with tert-alkyl or cyclic N) is 1. The van der Waals surface area contributed by atoms with Crippen molar-refractivity contribution >= 4 is 5.97 Å². The maximum atomic E-state index is 12.1. The van der Waals surface area contributed by atoms with Crippen molar-refractivity contribution in [3.8, 4) is 5.75 Å². The van der Waals surface area contributed by atoms with E-state index in [9.17, 15) is 15.0 Å². The first-order valence-electron chi connectivity index (χ1n) is 9.81. The van der Waals surface area contributed by atoms with Crippen molar-refractivity contribution < 1.29 is 24.5 Å². The number of carboxylic acids is 1. The van der Waals surface area contributed by atoms with Crippen molar-refractivity contribution in [3.63, 3.8) is 0 Å². The van der Waals surface area contributed by atoms with Crippen LogP contribution in [-0.2, 0) is 29.1 Å². The number of benzene rings is 2. The standard InChI is InChI=1S/C23H29NO5/c1-28-16-19-12-18(8-9-20(19)29-2)14-24-11-10-23(22(26)27,21(25)15-24)13-17-6-4-3-5-7-17/h3-9,12,21,25H,10-11,13-16H2,1-2H3,(H,26,27)/t21-,23-/m1/s1. The minimum Gasteiger partial charge on any atom is -0.496 e. The van der Waals surface area contributed by atoms with E-state index in [1.54, 1.807) is 14.2 Å². The first-order chi connectivity index (χ1) is 14.0. The molecular formula is C23H29NO5. The number of carboxylic acid groups (broad SMARTS) is 1. The Balaban J connectivity index is 1.72. The molecule has 1 saturated heterocycles. The molecule has 0 amide bonds. The highest BCUT2D eigenvalue weighted by Crippen LogP contribution is 2.36. The van der Waals surface area contributed by atoms with Crippen LogP contribution >= 0.6 is 0 Å². The molecule has 6 nitrogen and oxygen atoms in total. The zero-order valence-corrected chi connectivity index (χ0v) is 17.0. The predicted molar refractivity (Wildman–Crippen MR) is 110 cm³/mol. The van der Waals surface area contributed by atoms with Crippen LogP contribution in [0.2, 0.25) is 0 Å². The Bertz CT molecular complexity index is 825. The highest BCUT2D eigenvalue weighted by atomic mass is 16.5. The molecule has 0 bridgehead atoms. The number of rotatable bonds is 8.